The Morgan fingerprint density at radius 2 is 1.50 bits per heavy atom. The van der Waals surface area contributed by atoms with E-state index in [2.05, 4.69) is 0 Å². The van der Waals surface area contributed by atoms with E-state index < -0.39 is 17.3 Å². The molecule has 28 heavy (non-hydrogen) atoms. The number of carboxylic acid groups (broad SMARTS) is 1. The van der Waals surface area contributed by atoms with Gasteiger partial charge in [0.25, 0.3) is 0 Å². The molecule has 0 radical (unpaired) electrons. The monoisotopic (exact) mass is 380 g/mol. The highest BCUT2D eigenvalue weighted by atomic mass is 16.5. The Labute approximate surface area is 166 Å². The molecule has 0 saturated heterocycles. The van der Waals surface area contributed by atoms with Crippen LogP contribution in [0.2, 0.25) is 0 Å². The van der Waals surface area contributed by atoms with Gasteiger partial charge in [-0.05, 0) is 43.2 Å². The Balaban J connectivity index is 1.69. The summed E-state index contributed by atoms with van der Waals surface area (Å²) in [4.78, 5) is 24.9. The lowest BCUT2D eigenvalue weighted by molar-refractivity contribution is -0.155. The summed E-state index contributed by atoms with van der Waals surface area (Å²) in [5.41, 5.74) is 1.30. The Morgan fingerprint density at radius 1 is 0.929 bits per heavy atom. The van der Waals surface area contributed by atoms with Crippen molar-refractivity contribution in [3.05, 3.63) is 71.8 Å². The van der Waals surface area contributed by atoms with Gasteiger partial charge >= 0.3 is 11.9 Å². The van der Waals surface area contributed by atoms with Crippen LogP contribution < -0.4 is 0 Å². The van der Waals surface area contributed by atoms with Gasteiger partial charge in [-0.3, -0.25) is 9.59 Å². The number of aliphatic carboxylic acids is 1. The molecule has 148 valence electrons. The molecule has 1 fully saturated rings. The Bertz CT molecular complexity index is 764. The summed E-state index contributed by atoms with van der Waals surface area (Å²) in [6, 6.07) is 19.6. The van der Waals surface area contributed by atoms with E-state index in [4.69, 9.17) is 4.74 Å². The second kappa shape index (κ2) is 9.54. The zero-order chi connectivity index (χ0) is 19.8. The molecule has 0 bridgehead atoms. The summed E-state index contributed by atoms with van der Waals surface area (Å²) in [5, 5.41) is 9.84. The minimum atomic E-state index is -0.785. The molecule has 1 aliphatic carbocycles. The van der Waals surface area contributed by atoms with Crippen LogP contribution in [0, 0.1) is 11.3 Å². The molecule has 1 saturated carbocycles. The van der Waals surface area contributed by atoms with Crippen molar-refractivity contribution in [1.82, 2.24) is 0 Å². The van der Waals surface area contributed by atoms with E-state index in [1.165, 1.54) is 0 Å². The molecule has 1 atom stereocenters. The second-order valence-electron chi connectivity index (χ2n) is 7.81. The van der Waals surface area contributed by atoms with Crippen molar-refractivity contribution in [2.75, 3.05) is 0 Å². The molecule has 0 spiro atoms. The van der Waals surface area contributed by atoms with Crippen molar-refractivity contribution in [3.63, 3.8) is 0 Å². The molecule has 4 nitrogen and oxygen atoms in total. The number of rotatable bonds is 9. The third-order valence-electron chi connectivity index (χ3n) is 5.83. The van der Waals surface area contributed by atoms with Gasteiger partial charge in [-0.15, -0.1) is 0 Å². The van der Waals surface area contributed by atoms with Crippen LogP contribution in [-0.2, 0) is 27.4 Å². The maximum Gasteiger partial charge on any atom is 0.309 e. The SMILES string of the molecule is O=C(OCc1ccccc1)[C@H](CCc1ccccc1)CC1(C(=O)O)CCCC1. The van der Waals surface area contributed by atoms with Crippen molar-refractivity contribution < 1.29 is 19.4 Å². The Hall–Kier alpha value is -2.62. The lowest BCUT2D eigenvalue weighted by Gasteiger charge is -2.28. The molecule has 2 aromatic rings. The van der Waals surface area contributed by atoms with Gasteiger partial charge in [-0.1, -0.05) is 73.5 Å². The smallest absolute Gasteiger partial charge is 0.309 e. The fourth-order valence-electron chi connectivity index (χ4n) is 4.16. The number of hydrogen-bond donors (Lipinski definition) is 1. The van der Waals surface area contributed by atoms with Crippen LogP contribution in [0.4, 0.5) is 0 Å². The van der Waals surface area contributed by atoms with Crippen molar-refractivity contribution in [2.24, 2.45) is 11.3 Å². The van der Waals surface area contributed by atoms with Crippen molar-refractivity contribution >= 4 is 11.9 Å². The summed E-state index contributed by atoms with van der Waals surface area (Å²) in [7, 11) is 0. The zero-order valence-electron chi connectivity index (χ0n) is 16.2. The van der Waals surface area contributed by atoms with Crippen LogP contribution in [0.1, 0.15) is 49.7 Å². The minimum Gasteiger partial charge on any atom is -0.481 e. The van der Waals surface area contributed by atoms with Crippen LogP contribution in [-0.4, -0.2) is 17.0 Å². The molecule has 0 aromatic heterocycles. The molecular formula is C24H28O4. The molecular weight excluding hydrogens is 352 g/mol. The summed E-state index contributed by atoms with van der Waals surface area (Å²) < 4.78 is 5.58. The fourth-order valence-corrected chi connectivity index (χ4v) is 4.16. The average Bonchev–Trinajstić information content (AvgIpc) is 3.21. The van der Waals surface area contributed by atoms with Crippen LogP contribution in [0.15, 0.2) is 60.7 Å². The first-order chi connectivity index (χ1) is 13.6. The van der Waals surface area contributed by atoms with Gasteiger partial charge in [0.2, 0.25) is 0 Å². The van der Waals surface area contributed by atoms with Gasteiger partial charge < -0.3 is 9.84 Å². The van der Waals surface area contributed by atoms with Gasteiger partial charge in [0.05, 0.1) is 11.3 Å². The number of aryl methyl sites for hydroxylation is 1. The largest absolute Gasteiger partial charge is 0.481 e. The third kappa shape index (κ3) is 5.22. The van der Waals surface area contributed by atoms with E-state index in [9.17, 15) is 14.7 Å². The van der Waals surface area contributed by atoms with E-state index in [-0.39, 0.29) is 12.6 Å². The quantitative estimate of drug-likeness (QED) is 0.621. The normalized spacial score (nSPS) is 16.4. The van der Waals surface area contributed by atoms with Crippen molar-refractivity contribution in [1.29, 1.82) is 0 Å². The molecule has 3 rings (SSSR count). The summed E-state index contributed by atoms with van der Waals surface area (Å²) in [6.45, 7) is 0.224. The van der Waals surface area contributed by atoms with E-state index in [0.29, 0.717) is 25.7 Å². The molecule has 1 N–H and O–H groups in total. The lowest BCUT2D eigenvalue weighted by Crippen LogP contribution is -2.33. The maximum atomic E-state index is 12.9. The summed E-state index contributed by atoms with van der Waals surface area (Å²) in [6.07, 6.45) is 4.83. The second-order valence-corrected chi connectivity index (χ2v) is 7.81. The summed E-state index contributed by atoms with van der Waals surface area (Å²) >= 11 is 0. The van der Waals surface area contributed by atoms with Gasteiger partial charge in [0.1, 0.15) is 6.61 Å². The highest BCUT2D eigenvalue weighted by Gasteiger charge is 2.44. The number of carbonyl (C=O) groups is 2. The predicted molar refractivity (Wildman–Crippen MR) is 108 cm³/mol. The molecule has 0 unspecified atom stereocenters. The minimum absolute atomic E-state index is 0.224. The molecule has 0 aliphatic heterocycles. The topological polar surface area (TPSA) is 63.6 Å². The number of benzene rings is 2. The van der Waals surface area contributed by atoms with E-state index in [1.807, 2.05) is 60.7 Å². The van der Waals surface area contributed by atoms with E-state index in [1.54, 1.807) is 0 Å². The molecule has 2 aromatic carbocycles. The van der Waals surface area contributed by atoms with Crippen LogP contribution in [0.3, 0.4) is 0 Å². The molecule has 0 amide bonds. The van der Waals surface area contributed by atoms with Gasteiger partial charge in [-0.2, -0.15) is 0 Å². The fraction of sp³-hybridized carbons (Fsp3) is 0.417. The highest BCUT2D eigenvalue weighted by molar-refractivity contribution is 5.78. The maximum absolute atomic E-state index is 12.9. The molecule has 1 aliphatic rings. The summed E-state index contributed by atoms with van der Waals surface area (Å²) in [5.74, 6) is -1.46. The van der Waals surface area contributed by atoms with Crippen LogP contribution in [0.25, 0.3) is 0 Å². The van der Waals surface area contributed by atoms with Gasteiger partial charge in [-0.25, -0.2) is 0 Å². The van der Waals surface area contributed by atoms with Crippen LogP contribution >= 0.6 is 0 Å². The molecule has 4 heteroatoms. The van der Waals surface area contributed by atoms with E-state index in [0.717, 1.165) is 30.4 Å². The molecule has 0 heterocycles. The van der Waals surface area contributed by atoms with Crippen molar-refractivity contribution in [3.8, 4) is 0 Å². The number of hydrogen-bond acceptors (Lipinski definition) is 3. The average molecular weight is 380 g/mol. The zero-order valence-corrected chi connectivity index (χ0v) is 16.2. The number of carboxylic acids is 1. The first-order valence-electron chi connectivity index (χ1n) is 10.1. The lowest BCUT2D eigenvalue weighted by atomic mass is 9.76. The number of esters is 1. The number of carbonyl (C=O) groups excluding carboxylic acids is 1. The first-order valence-corrected chi connectivity index (χ1v) is 10.1. The number of ether oxygens (including phenoxy) is 1. The predicted octanol–water partition coefficient (Wildman–Crippen LogP) is 5.01. The highest BCUT2D eigenvalue weighted by Crippen LogP contribution is 2.44. The first kappa shape index (κ1) is 20.1. The Morgan fingerprint density at radius 3 is 2.07 bits per heavy atom. The van der Waals surface area contributed by atoms with E-state index >= 15 is 0 Å². The standard InChI is InChI=1S/C24H28O4/c25-22(28-18-20-11-5-2-6-12-20)21(14-13-19-9-3-1-4-10-19)17-24(23(26)27)15-7-8-16-24/h1-6,9-12,21H,7-8,13-18H2,(H,26,27)/t21-/m1/s1. The van der Waals surface area contributed by atoms with Gasteiger partial charge in [0, 0.05) is 0 Å². The van der Waals surface area contributed by atoms with Gasteiger partial charge in [0.15, 0.2) is 0 Å². The third-order valence-corrected chi connectivity index (χ3v) is 5.83. The van der Waals surface area contributed by atoms with Crippen LogP contribution in [0.5, 0.6) is 0 Å². The van der Waals surface area contributed by atoms with Crippen molar-refractivity contribution in [2.45, 2.75) is 51.6 Å². The Kier molecular flexibility index (Phi) is 6.85.